The van der Waals surface area contributed by atoms with E-state index >= 15 is 0 Å². The molecule has 1 fully saturated rings. The lowest BCUT2D eigenvalue weighted by Crippen LogP contribution is -2.35. The summed E-state index contributed by atoms with van der Waals surface area (Å²) < 4.78 is 11.2. The van der Waals surface area contributed by atoms with E-state index in [1.165, 1.54) is 4.88 Å². The van der Waals surface area contributed by atoms with Gasteiger partial charge in [-0.15, -0.1) is 11.3 Å². The van der Waals surface area contributed by atoms with E-state index in [0.717, 1.165) is 36.5 Å². The summed E-state index contributed by atoms with van der Waals surface area (Å²) in [7, 11) is -0.587. The third-order valence-electron chi connectivity index (χ3n) is 2.74. The number of nitriles is 1. The number of thiophene rings is 1. The van der Waals surface area contributed by atoms with Crippen molar-refractivity contribution in [3.63, 3.8) is 0 Å². The van der Waals surface area contributed by atoms with E-state index in [-0.39, 0.29) is 0 Å². The molecule has 0 aromatic carbocycles. The molecule has 0 amide bonds. The first-order valence-electron chi connectivity index (χ1n) is 5.34. The second-order valence-corrected chi connectivity index (χ2v) is 6.61. The molecule has 1 aromatic rings. The van der Waals surface area contributed by atoms with Crippen molar-refractivity contribution in [1.82, 2.24) is 5.32 Å². The first-order valence-corrected chi connectivity index (χ1v) is 7.70. The fourth-order valence-electron chi connectivity index (χ4n) is 1.77. The fourth-order valence-corrected chi connectivity index (χ4v) is 3.83. The Labute approximate surface area is 102 Å². The number of rotatable bonds is 3. The topological polar surface area (TPSA) is 52.9 Å². The first-order chi connectivity index (χ1) is 7.78. The van der Waals surface area contributed by atoms with Crippen molar-refractivity contribution in [3.05, 3.63) is 21.9 Å². The van der Waals surface area contributed by atoms with Gasteiger partial charge in [-0.3, -0.25) is 4.21 Å². The van der Waals surface area contributed by atoms with Crippen molar-refractivity contribution in [2.24, 2.45) is 0 Å². The summed E-state index contributed by atoms with van der Waals surface area (Å²) in [4.78, 5) is 1.20. The van der Waals surface area contributed by atoms with E-state index < -0.39 is 10.8 Å². The van der Waals surface area contributed by atoms with E-state index in [9.17, 15) is 4.21 Å². The quantitative estimate of drug-likeness (QED) is 0.892. The zero-order valence-corrected chi connectivity index (χ0v) is 10.6. The predicted octanol–water partition coefficient (Wildman–Crippen LogP) is 1.62. The summed E-state index contributed by atoms with van der Waals surface area (Å²) in [5, 5.41) is 14.0. The monoisotopic (exact) mass is 254 g/mol. The zero-order chi connectivity index (χ0) is 11.4. The molecule has 0 aliphatic carbocycles. The highest BCUT2D eigenvalue weighted by molar-refractivity contribution is 7.85. The van der Waals surface area contributed by atoms with E-state index in [1.807, 2.05) is 11.4 Å². The number of hydrogen-bond donors (Lipinski definition) is 1. The molecule has 5 heteroatoms. The normalized spacial score (nSPS) is 25.2. The number of hydrogen-bond acceptors (Lipinski definition) is 4. The van der Waals surface area contributed by atoms with Gasteiger partial charge >= 0.3 is 0 Å². The maximum Gasteiger partial charge on any atom is 0.100 e. The van der Waals surface area contributed by atoms with Crippen LogP contribution in [0.1, 0.15) is 23.3 Å². The van der Waals surface area contributed by atoms with Crippen LogP contribution in [-0.2, 0) is 17.3 Å². The molecule has 0 unspecified atom stereocenters. The predicted molar refractivity (Wildman–Crippen MR) is 66.8 cm³/mol. The molecule has 16 heavy (non-hydrogen) atoms. The largest absolute Gasteiger partial charge is 0.309 e. The molecule has 2 rings (SSSR count). The van der Waals surface area contributed by atoms with Crippen molar-refractivity contribution < 1.29 is 4.21 Å². The molecule has 1 aromatic heterocycles. The molecule has 1 N–H and O–H groups in total. The van der Waals surface area contributed by atoms with Crippen molar-refractivity contribution in [2.45, 2.75) is 25.4 Å². The molecule has 3 nitrogen and oxygen atoms in total. The Bertz CT molecular complexity index is 412. The Morgan fingerprint density at radius 2 is 2.31 bits per heavy atom. The lowest BCUT2D eigenvalue weighted by atomic mass is 10.1. The minimum absolute atomic E-state index is 0.491. The molecule has 0 saturated carbocycles. The van der Waals surface area contributed by atoms with E-state index in [4.69, 9.17) is 5.26 Å². The van der Waals surface area contributed by atoms with Crippen LogP contribution < -0.4 is 5.32 Å². The highest BCUT2D eigenvalue weighted by Crippen LogP contribution is 2.15. The second-order valence-electron chi connectivity index (χ2n) is 3.92. The standard InChI is InChI=1S/C11H14N2OS2/c12-6-9-5-11(15-8-9)7-13-10-1-3-16(14)4-2-10/h5,8,10,13H,1-4,7H2. The van der Waals surface area contributed by atoms with Crippen LogP contribution in [0.3, 0.4) is 0 Å². The van der Waals surface area contributed by atoms with Crippen molar-refractivity contribution in [1.29, 1.82) is 5.26 Å². The Hall–Kier alpha value is -0.700. The summed E-state index contributed by atoms with van der Waals surface area (Å²) in [6, 6.07) is 4.55. The molecular formula is C11H14N2OS2. The molecular weight excluding hydrogens is 240 g/mol. The van der Waals surface area contributed by atoms with Gasteiger partial charge in [0, 0.05) is 45.1 Å². The van der Waals surface area contributed by atoms with Crippen LogP contribution in [0.15, 0.2) is 11.4 Å². The van der Waals surface area contributed by atoms with Gasteiger partial charge in [0.2, 0.25) is 0 Å². The zero-order valence-electron chi connectivity index (χ0n) is 8.94. The van der Waals surface area contributed by atoms with Gasteiger partial charge < -0.3 is 5.32 Å². The molecule has 0 atom stereocenters. The SMILES string of the molecule is N#Cc1csc(CNC2CCS(=O)CC2)c1. The maximum atomic E-state index is 11.2. The van der Waals surface area contributed by atoms with Gasteiger partial charge in [0.05, 0.1) is 5.56 Å². The van der Waals surface area contributed by atoms with Crippen molar-refractivity contribution in [3.8, 4) is 6.07 Å². The first kappa shape index (κ1) is 11.8. The van der Waals surface area contributed by atoms with Crippen LogP contribution in [0.2, 0.25) is 0 Å². The Balaban J connectivity index is 1.79. The molecule has 1 saturated heterocycles. The van der Waals surface area contributed by atoms with Gasteiger partial charge in [-0.25, -0.2) is 0 Å². The fraction of sp³-hybridized carbons (Fsp3) is 0.545. The summed E-state index contributed by atoms with van der Waals surface area (Å²) >= 11 is 1.62. The smallest absolute Gasteiger partial charge is 0.100 e. The average molecular weight is 254 g/mol. The molecule has 1 aliphatic heterocycles. The van der Waals surface area contributed by atoms with E-state index in [1.54, 1.807) is 11.3 Å². The van der Waals surface area contributed by atoms with Crippen LogP contribution in [0.25, 0.3) is 0 Å². The third-order valence-corrected chi connectivity index (χ3v) is 5.05. The lowest BCUT2D eigenvalue weighted by molar-refractivity contribution is 0.477. The highest BCUT2D eigenvalue weighted by atomic mass is 32.2. The van der Waals surface area contributed by atoms with Crippen LogP contribution in [-0.4, -0.2) is 21.8 Å². The average Bonchev–Trinajstić information content (AvgIpc) is 2.76. The summed E-state index contributed by atoms with van der Waals surface area (Å²) in [6.45, 7) is 0.823. The van der Waals surface area contributed by atoms with Gasteiger partial charge in [0.15, 0.2) is 0 Å². The molecule has 0 bridgehead atoms. The van der Waals surface area contributed by atoms with Crippen LogP contribution in [0, 0.1) is 11.3 Å². The van der Waals surface area contributed by atoms with Gasteiger partial charge in [0.1, 0.15) is 6.07 Å². The van der Waals surface area contributed by atoms with Gasteiger partial charge in [-0.05, 0) is 18.9 Å². The Morgan fingerprint density at radius 3 is 2.94 bits per heavy atom. The van der Waals surface area contributed by atoms with E-state index in [2.05, 4.69) is 11.4 Å². The van der Waals surface area contributed by atoms with Crippen LogP contribution >= 0.6 is 11.3 Å². The Morgan fingerprint density at radius 1 is 1.56 bits per heavy atom. The number of nitrogens with one attached hydrogen (secondary N) is 1. The molecule has 1 aliphatic rings. The van der Waals surface area contributed by atoms with Gasteiger partial charge in [-0.2, -0.15) is 5.26 Å². The molecule has 0 spiro atoms. The minimum Gasteiger partial charge on any atom is -0.309 e. The van der Waals surface area contributed by atoms with Crippen LogP contribution in [0.5, 0.6) is 0 Å². The highest BCUT2D eigenvalue weighted by Gasteiger charge is 2.17. The van der Waals surface area contributed by atoms with Crippen molar-refractivity contribution >= 4 is 22.1 Å². The molecule has 0 radical (unpaired) electrons. The third kappa shape index (κ3) is 3.14. The second kappa shape index (κ2) is 5.58. The minimum atomic E-state index is -0.587. The number of nitrogens with zero attached hydrogens (tertiary/aromatic N) is 1. The lowest BCUT2D eigenvalue weighted by Gasteiger charge is -2.22. The van der Waals surface area contributed by atoms with Gasteiger partial charge in [0.25, 0.3) is 0 Å². The van der Waals surface area contributed by atoms with Crippen molar-refractivity contribution in [2.75, 3.05) is 11.5 Å². The van der Waals surface area contributed by atoms with Crippen LogP contribution in [0.4, 0.5) is 0 Å². The summed E-state index contributed by atoms with van der Waals surface area (Å²) in [6.07, 6.45) is 2.01. The maximum absolute atomic E-state index is 11.2. The molecule has 86 valence electrons. The summed E-state index contributed by atoms with van der Waals surface area (Å²) in [5.41, 5.74) is 0.742. The molecule has 2 heterocycles. The summed E-state index contributed by atoms with van der Waals surface area (Å²) in [5.74, 6) is 1.65. The Kier molecular flexibility index (Phi) is 4.10. The van der Waals surface area contributed by atoms with E-state index in [0.29, 0.717) is 6.04 Å². The van der Waals surface area contributed by atoms with Gasteiger partial charge in [-0.1, -0.05) is 0 Å².